The smallest absolute Gasteiger partial charge is 0.171 e. The molecule has 1 atom stereocenters. The van der Waals surface area contributed by atoms with Gasteiger partial charge in [0.15, 0.2) is 0 Å². The molecule has 1 unspecified atom stereocenters. The van der Waals surface area contributed by atoms with E-state index in [0.717, 1.165) is 6.42 Å². The minimum absolute atomic E-state index is 0. The van der Waals surface area contributed by atoms with Gasteiger partial charge < -0.3 is 0 Å². The number of hydrogen-bond donors (Lipinski definition) is 0. The van der Waals surface area contributed by atoms with Gasteiger partial charge in [0.25, 0.3) is 0 Å². The molecule has 0 fully saturated rings. The monoisotopic (exact) mass is 758 g/mol. The molecule has 2 aliphatic rings. The third-order valence-corrected chi connectivity index (χ3v) is 7.54. The summed E-state index contributed by atoms with van der Waals surface area (Å²) >= 11 is 1.58. The van der Waals surface area contributed by atoms with Crippen molar-refractivity contribution in [1.29, 1.82) is 0 Å². The molecule has 6 rings (SSSR count). The molecule has 0 aromatic heterocycles. The Labute approximate surface area is 317 Å². The van der Waals surface area contributed by atoms with Gasteiger partial charge in [-0.2, -0.15) is 114 Å². The molecule has 0 saturated heterocycles. The van der Waals surface area contributed by atoms with E-state index in [1.165, 1.54) is 39.0 Å². The number of benzene rings is 4. The van der Waals surface area contributed by atoms with E-state index >= 15 is 0 Å². The van der Waals surface area contributed by atoms with Crippen molar-refractivity contribution in [2.75, 3.05) is 0 Å². The second-order valence-electron chi connectivity index (χ2n) is 14.5. The van der Waals surface area contributed by atoms with Crippen molar-refractivity contribution in [2.45, 2.75) is 86.5 Å². The van der Waals surface area contributed by atoms with E-state index in [2.05, 4.69) is 136 Å². The predicted octanol–water partition coefficient (Wildman–Crippen LogP) is 11.5. The Morgan fingerprint density at radius 2 is 1.15 bits per heavy atom. The van der Waals surface area contributed by atoms with E-state index < -0.39 is 0 Å². The standard InChI is InChI=1S/C21H25.C10H15.2C6H5.2ClH.H2Si.Zr/c1-20(2,3)16-9-7-14-11-15-8-10-17(21(4,5)6)13-19(15)18(14)12-16;1-8-5-6-9(7-8)10(2,3)4;2*1-2-4-6-5-3-1;;;;/h7,9-10,12-13H,11H2,1-6H3;6-8H,1-4H3;2*1-5H;2*1H;1H2;/q4*-1;;;;. The van der Waals surface area contributed by atoms with Gasteiger partial charge in [0.05, 0.1) is 0 Å². The molecule has 0 spiro atoms. The van der Waals surface area contributed by atoms with E-state index in [1.807, 2.05) is 67.5 Å². The molecule has 252 valence electrons. The van der Waals surface area contributed by atoms with Gasteiger partial charge in [-0.3, -0.25) is 6.08 Å². The van der Waals surface area contributed by atoms with Crippen molar-refractivity contribution >= 4 is 31.7 Å². The van der Waals surface area contributed by atoms with Gasteiger partial charge in [0.2, 0.25) is 0 Å². The van der Waals surface area contributed by atoms with Crippen LogP contribution < -0.4 is 0 Å². The van der Waals surface area contributed by atoms with E-state index in [0.29, 0.717) is 11.3 Å². The zero-order valence-electron chi connectivity index (χ0n) is 30.1. The zero-order chi connectivity index (χ0) is 33.7. The summed E-state index contributed by atoms with van der Waals surface area (Å²) in [5, 5.41) is 0. The van der Waals surface area contributed by atoms with Crippen molar-refractivity contribution < 1.29 is 23.3 Å². The SMILES string of the molecule is CC(C)(C)c1c[c-]c2c(c1)-c1cc(C(C)(C)C)ccc1C2.CC1[C-]=CC(C(C)(C)C)=C1.Cl.Cl.[SiH2]=[Zr].[c-]1ccccc1.[c-]1ccccc1. The number of allylic oxidation sites excluding steroid dienone is 4. The number of halogens is 2. The molecule has 0 bridgehead atoms. The van der Waals surface area contributed by atoms with Crippen LogP contribution in [-0.4, -0.2) is 6.88 Å². The molecular formula is C43H54Cl2SiZr-4. The molecule has 0 aliphatic heterocycles. The Hall–Kier alpha value is -1.96. The van der Waals surface area contributed by atoms with Gasteiger partial charge in [0.1, 0.15) is 0 Å². The first-order valence-corrected chi connectivity index (χ1v) is 21.8. The quantitative estimate of drug-likeness (QED) is 0.109. The molecule has 47 heavy (non-hydrogen) atoms. The van der Waals surface area contributed by atoms with Crippen LogP contribution in [0.5, 0.6) is 0 Å². The van der Waals surface area contributed by atoms with Crippen LogP contribution in [0.2, 0.25) is 0 Å². The summed E-state index contributed by atoms with van der Waals surface area (Å²) in [6, 6.07) is 40.1. The first-order chi connectivity index (χ1) is 21.2. The predicted molar refractivity (Wildman–Crippen MR) is 209 cm³/mol. The van der Waals surface area contributed by atoms with Gasteiger partial charge in [-0.05, 0) is 17.4 Å². The van der Waals surface area contributed by atoms with Crippen LogP contribution in [0.15, 0.2) is 109 Å². The molecule has 4 aromatic rings. The third kappa shape index (κ3) is 15.4. The van der Waals surface area contributed by atoms with Crippen LogP contribution in [0.1, 0.15) is 91.5 Å². The Bertz CT molecular complexity index is 1360. The molecule has 0 radical (unpaired) electrons. The van der Waals surface area contributed by atoms with Gasteiger partial charge >= 0.3 is 30.2 Å². The average molecular weight is 761 g/mol. The van der Waals surface area contributed by atoms with Crippen molar-refractivity contribution in [3.8, 4) is 11.1 Å². The van der Waals surface area contributed by atoms with Crippen molar-refractivity contribution in [3.63, 3.8) is 0 Å². The van der Waals surface area contributed by atoms with Gasteiger partial charge in [-0.25, -0.2) is 6.08 Å². The molecular weight excluding hydrogens is 707 g/mol. The molecule has 0 amide bonds. The Morgan fingerprint density at radius 3 is 1.49 bits per heavy atom. The third-order valence-electron chi connectivity index (χ3n) is 7.54. The molecule has 0 N–H and O–H groups in total. The van der Waals surface area contributed by atoms with E-state index in [9.17, 15) is 0 Å². The Balaban J connectivity index is 0.000000676. The Kier molecular flexibility index (Phi) is 20.3. The fourth-order valence-corrected chi connectivity index (χ4v) is 4.72. The topological polar surface area (TPSA) is 0 Å². The second-order valence-corrected chi connectivity index (χ2v) is 14.5. The summed E-state index contributed by atoms with van der Waals surface area (Å²) in [5.41, 5.74) is 10.5. The average Bonchev–Trinajstić information content (AvgIpc) is 3.63. The van der Waals surface area contributed by atoms with E-state index in [1.54, 1.807) is 23.3 Å². The molecule has 0 saturated carbocycles. The van der Waals surface area contributed by atoms with Crippen LogP contribution >= 0.6 is 24.8 Å². The molecule has 2 aliphatic carbocycles. The zero-order valence-corrected chi connectivity index (χ0v) is 35.6. The van der Waals surface area contributed by atoms with Crippen LogP contribution in [0.4, 0.5) is 0 Å². The number of rotatable bonds is 0. The maximum absolute atomic E-state index is 3.53. The summed E-state index contributed by atoms with van der Waals surface area (Å²) in [7, 11) is 0. The normalized spacial score (nSPS) is 13.7. The second kappa shape index (κ2) is 21.2. The number of fused-ring (bicyclic) bond motifs is 3. The van der Waals surface area contributed by atoms with Gasteiger partial charge in [-0.1, -0.05) is 115 Å². The van der Waals surface area contributed by atoms with Crippen LogP contribution in [-0.2, 0) is 40.6 Å². The summed E-state index contributed by atoms with van der Waals surface area (Å²) in [6.07, 6.45) is 8.68. The molecule has 0 heterocycles. The van der Waals surface area contributed by atoms with Gasteiger partial charge in [0, 0.05) is 0 Å². The van der Waals surface area contributed by atoms with E-state index in [-0.39, 0.29) is 35.6 Å². The van der Waals surface area contributed by atoms with Crippen molar-refractivity contribution in [2.24, 2.45) is 11.3 Å². The largest absolute Gasteiger partial charge is 0.184 e. The summed E-state index contributed by atoms with van der Waals surface area (Å²) in [5.74, 6) is 0.522. The molecule has 4 aromatic carbocycles. The molecule has 4 heteroatoms. The Morgan fingerprint density at radius 1 is 0.660 bits per heavy atom. The van der Waals surface area contributed by atoms with Crippen molar-refractivity contribution in [3.05, 3.63) is 155 Å². The first kappa shape index (κ1) is 45.0. The summed E-state index contributed by atoms with van der Waals surface area (Å²) in [4.78, 5) is 0. The molecule has 0 nitrogen and oxygen atoms in total. The van der Waals surface area contributed by atoms with E-state index in [4.69, 9.17) is 0 Å². The van der Waals surface area contributed by atoms with Crippen molar-refractivity contribution in [1.82, 2.24) is 0 Å². The maximum Gasteiger partial charge on any atom is -0.171 e. The van der Waals surface area contributed by atoms with Crippen LogP contribution in [0.3, 0.4) is 0 Å². The van der Waals surface area contributed by atoms with Gasteiger partial charge in [-0.15, -0.1) is 30.4 Å². The minimum Gasteiger partial charge on any atom is -0.184 e. The number of hydrogen-bond acceptors (Lipinski definition) is 0. The summed E-state index contributed by atoms with van der Waals surface area (Å²) in [6.45, 7) is 24.5. The maximum atomic E-state index is 3.53. The minimum atomic E-state index is 0. The van der Waals surface area contributed by atoms with Crippen LogP contribution in [0.25, 0.3) is 11.1 Å². The fourth-order valence-electron chi connectivity index (χ4n) is 4.72. The summed E-state index contributed by atoms with van der Waals surface area (Å²) < 4.78 is 0. The fraction of sp³-hybridized carbons (Fsp3) is 0.349. The van der Waals surface area contributed by atoms with Crippen LogP contribution in [0, 0.1) is 35.6 Å². The first-order valence-electron chi connectivity index (χ1n) is 15.8.